The molecule has 0 aliphatic heterocycles. The highest BCUT2D eigenvalue weighted by Gasteiger charge is 2.26. The molecule has 1 amide bonds. The molecule has 1 fully saturated rings. The monoisotopic (exact) mass is 193 g/mol. The first-order chi connectivity index (χ1) is 6.70. The van der Waals surface area contributed by atoms with Crippen molar-refractivity contribution in [3.8, 4) is 0 Å². The van der Waals surface area contributed by atoms with Crippen molar-refractivity contribution in [1.82, 2.24) is 15.4 Å². The van der Waals surface area contributed by atoms with Crippen LogP contribution in [0.3, 0.4) is 0 Å². The van der Waals surface area contributed by atoms with E-state index < -0.39 is 5.91 Å². The van der Waals surface area contributed by atoms with Gasteiger partial charge >= 0.3 is 0 Å². The summed E-state index contributed by atoms with van der Waals surface area (Å²) in [5.74, 6) is 5.11. The molecule has 1 aliphatic rings. The van der Waals surface area contributed by atoms with Crippen LogP contribution in [-0.4, -0.2) is 15.9 Å². The molecule has 1 aromatic heterocycles. The highest BCUT2D eigenvalue weighted by molar-refractivity contribution is 5.92. The zero-order chi connectivity index (χ0) is 10.1. The van der Waals surface area contributed by atoms with E-state index in [2.05, 4.69) is 9.97 Å². The normalized spacial score (nSPS) is 15.2. The molecule has 0 aromatic carbocycles. The van der Waals surface area contributed by atoms with Crippen LogP contribution in [0.4, 0.5) is 5.95 Å². The van der Waals surface area contributed by atoms with Gasteiger partial charge in [0, 0.05) is 11.6 Å². The van der Waals surface area contributed by atoms with Crippen molar-refractivity contribution in [3.63, 3.8) is 0 Å². The van der Waals surface area contributed by atoms with E-state index in [1.165, 1.54) is 0 Å². The summed E-state index contributed by atoms with van der Waals surface area (Å²) in [6.07, 6.45) is 2.19. The molecule has 5 N–H and O–H groups in total. The van der Waals surface area contributed by atoms with E-state index in [1.807, 2.05) is 5.43 Å². The maximum Gasteiger partial charge on any atom is 0.283 e. The first-order valence-electron chi connectivity index (χ1n) is 4.36. The summed E-state index contributed by atoms with van der Waals surface area (Å²) in [5, 5.41) is 0. The Kier molecular flexibility index (Phi) is 2.05. The lowest BCUT2D eigenvalue weighted by Crippen LogP contribution is -2.31. The van der Waals surface area contributed by atoms with Gasteiger partial charge in [0.1, 0.15) is 5.69 Å². The Hall–Kier alpha value is -1.69. The summed E-state index contributed by atoms with van der Waals surface area (Å²) in [5.41, 5.74) is 8.54. The minimum absolute atomic E-state index is 0.119. The minimum Gasteiger partial charge on any atom is -0.368 e. The Labute approximate surface area is 80.7 Å². The molecular formula is C8H11N5O. The van der Waals surface area contributed by atoms with E-state index in [-0.39, 0.29) is 11.6 Å². The average Bonchev–Trinajstić information content (AvgIpc) is 2.98. The van der Waals surface area contributed by atoms with E-state index in [9.17, 15) is 4.79 Å². The van der Waals surface area contributed by atoms with E-state index >= 15 is 0 Å². The standard InChI is InChI=1S/C8H11N5O/c9-8-11-5(4-1-2-4)3-6(12-8)7(14)13-10/h3-4H,1-2,10H2,(H,13,14)(H2,9,11,12). The molecule has 0 saturated heterocycles. The predicted octanol–water partition coefficient (Wildman–Crippen LogP) is -0.460. The topological polar surface area (TPSA) is 107 Å². The number of anilines is 1. The Morgan fingerprint density at radius 3 is 2.79 bits per heavy atom. The lowest BCUT2D eigenvalue weighted by Gasteiger charge is -2.03. The van der Waals surface area contributed by atoms with Crippen LogP contribution < -0.4 is 17.0 Å². The van der Waals surface area contributed by atoms with Crippen molar-refractivity contribution < 1.29 is 4.79 Å². The number of nitrogens with two attached hydrogens (primary N) is 2. The summed E-state index contributed by atoms with van der Waals surface area (Å²) < 4.78 is 0. The third-order valence-corrected chi connectivity index (χ3v) is 2.12. The van der Waals surface area contributed by atoms with E-state index in [4.69, 9.17) is 11.6 Å². The van der Waals surface area contributed by atoms with Crippen LogP contribution in [0.25, 0.3) is 0 Å². The van der Waals surface area contributed by atoms with Gasteiger partial charge in [-0.25, -0.2) is 15.8 Å². The summed E-state index contributed by atoms with van der Waals surface area (Å²) >= 11 is 0. The molecule has 0 unspecified atom stereocenters. The van der Waals surface area contributed by atoms with Crippen molar-refractivity contribution in [2.75, 3.05) is 5.73 Å². The van der Waals surface area contributed by atoms with Gasteiger partial charge < -0.3 is 5.73 Å². The molecule has 74 valence electrons. The fourth-order valence-corrected chi connectivity index (χ4v) is 1.26. The van der Waals surface area contributed by atoms with Crippen molar-refractivity contribution in [2.24, 2.45) is 5.84 Å². The summed E-state index contributed by atoms with van der Waals surface area (Å²) in [4.78, 5) is 19.0. The molecule has 1 aromatic rings. The Balaban J connectivity index is 2.35. The smallest absolute Gasteiger partial charge is 0.283 e. The molecule has 6 nitrogen and oxygen atoms in total. The number of hydrogen-bond acceptors (Lipinski definition) is 5. The minimum atomic E-state index is -0.444. The number of hydrogen-bond donors (Lipinski definition) is 3. The molecule has 0 bridgehead atoms. The fraction of sp³-hybridized carbons (Fsp3) is 0.375. The van der Waals surface area contributed by atoms with Crippen molar-refractivity contribution in [1.29, 1.82) is 0 Å². The van der Waals surface area contributed by atoms with Crippen LogP contribution in [0.5, 0.6) is 0 Å². The summed E-state index contributed by atoms with van der Waals surface area (Å²) in [6.45, 7) is 0. The van der Waals surface area contributed by atoms with Crippen molar-refractivity contribution >= 4 is 11.9 Å². The van der Waals surface area contributed by atoms with Crippen LogP contribution in [0, 0.1) is 0 Å². The Morgan fingerprint density at radius 1 is 1.50 bits per heavy atom. The van der Waals surface area contributed by atoms with Gasteiger partial charge in [0.15, 0.2) is 0 Å². The number of carbonyl (C=O) groups is 1. The number of nitrogens with one attached hydrogen (secondary N) is 1. The molecule has 0 atom stereocenters. The molecule has 0 spiro atoms. The number of aromatic nitrogens is 2. The van der Waals surface area contributed by atoms with Gasteiger partial charge in [0.05, 0.1) is 0 Å². The van der Waals surface area contributed by atoms with Crippen molar-refractivity contribution in [3.05, 3.63) is 17.5 Å². The van der Waals surface area contributed by atoms with Crippen LogP contribution in [0.1, 0.15) is 34.9 Å². The van der Waals surface area contributed by atoms with Crippen LogP contribution in [0.2, 0.25) is 0 Å². The van der Waals surface area contributed by atoms with Gasteiger partial charge in [-0.15, -0.1) is 0 Å². The lowest BCUT2D eigenvalue weighted by molar-refractivity contribution is 0.0948. The van der Waals surface area contributed by atoms with Gasteiger partial charge in [-0.2, -0.15) is 0 Å². The summed E-state index contributed by atoms with van der Waals surface area (Å²) in [6, 6.07) is 1.64. The lowest BCUT2D eigenvalue weighted by atomic mass is 10.2. The summed E-state index contributed by atoms with van der Waals surface area (Å²) in [7, 11) is 0. The highest BCUT2D eigenvalue weighted by Crippen LogP contribution is 2.39. The zero-order valence-corrected chi connectivity index (χ0v) is 7.53. The number of hydrazine groups is 1. The number of rotatable bonds is 2. The van der Waals surface area contributed by atoms with Crippen LogP contribution in [0.15, 0.2) is 6.07 Å². The number of nitrogens with zero attached hydrogens (tertiary/aromatic N) is 2. The molecule has 6 heteroatoms. The largest absolute Gasteiger partial charge is 0.368 e. The quantitative estimate of drug-likeness (QED) is 0.334. The third-order valence-electron chi connectivity index (χ3n) is 2.12. The van der Waals surface area contributed by atoms with E-state index in [1.54, 1.807) is 6.07 Å². The molecule has 2 rings (SSSR count). The van der Waals surface area contributed by atoms with Crippen molar-refractivity contribution in [2.45, 2.75) is 18.8 Å². The van der Waals surface area contributed by atoms with Gasteiger partial charge in [-0.05, 0) is 18.9 Å². The second-order valence-electron chi connectivity index (χ2n) is 3.28. The van der Waals surface area contributed by atoms with Gasteiger partial charge in [0.25, 0.3) is 5.91 Å². The van der Waals surface area contributed by atoms with Gasteiger partial charge in [0.2, 0.25) is 5.95 Å². The number of amides is 1. The SMILES string of the molecule is NNC(=O)c1cc(C2CC2)nc(N)n1. The average molecular weight is 193 g/mol. The molecule has 0 radical (unpaired) electrons. The molecule has 1 saturated carbocycles. The second-order valence-corrected chi connectivity index (χ2v) is 3.28. The number of nitrogen functional groups attached to an aromatic ring is 2. The fourth-order valence-electron chi connectivity index (χ4n) is 1.26. The van der Waals surface area contributed by atoms with E-state index in [0.717, 1.165) is 18.5 Å². The Morgan fingerprint density at radius 2 is 2.21 bits per heavy atom. The van der Waals surface area contributed by atoms with Crippen LogP contribution in [-0.2, 0) is 0 Å². The first-order valence-corrected chi connectivity index (χ1v) is 4.36. The van der Waals surface area contributed by atoms with Gasteiger partial charge in [-0.1, -0.05) is 0 Å². The molecule has 14 heavy (non-hydrogen) atoms. The molecule has 1 aliphatic carbocycles. The maximum absolute atomic E-state index is 11.2. The maximum atomic E-state index is 11.2. The molecule has 1 heterocycles. The molecular weight excluding hydrogens is 182 g/mol. The zero-order valence-electron chi connectivity index (χ0n) is 7.53. The first kappa shape index (κ1) is 8.89. The van der Waals surface area contributed by atoms with Gasteiger partial charge in [-0.3, -0.25) is 10.2 Å². The third kappa shape index (κ3) is 1.64. The van der Waals surface area contributed by atoms with E-state index in [0.29, 0.717) is 5.92 Å². The Bertz CT molecular complexity index is 374. The number of carbonyl (C=O) groups excluding carboxylic acids is 1. The predicted molar refractivity (Wildman–Crippen MR) is 50.1 cm³/mol. The van der Waals surface area contributed by atoms with Crippen LogP contribution >= 0.6 is 0 Å². The second kappa shape index (κ2) is 3.22. The highest BCUT2D eigenvalue weighted by atomic mass is 16.2.